The molecule has 5 nitrogen and oxygen atoms in total. The van der Waals surface area contributed by atoms with Crippen LogP contribution < -0.4 is 0 Å². The maximum atomic E-state index is 14.0. The predicted octanol–water partition coefficient (Wildman–Crippen LogP) is 14.5. The van der Waals surface area contributed by atoms with Crippen LogP contribution >= 0.6 is 22.6 Å². The second-order valence-corrected chi connectivity index (χ2v) is 20.5. The molecule has 0 aromatic heterocycles. The summed E-state index contributed by atoms with van der Waals surface area (Å²) in [6, 6.07) is 58.8. The molecule has 0 radical (unpaired) electrons. The number of carbonyl (C=O) groups excluding carboxylic acids is 3. The van der Waals surface area contributed by atoms with E-state index in [-0.39, 0.29) is 22.0 Å². The highest BCUT2D eigenvalue weighted by Gasteiger charge is 2.38. The van der Waals surface area contributed by atoms with Crippen molar-refractivity contribution in [3.05, 3.63) is 246 Å². The van der Waals surface area contributed by atoms with Gasteiger partial charge in [-0.25, -0.2) is 4.79 Å². The number of benzene rings is 8. The third-order valence-electron chi connectivity index (χ3n) is 14.3. The second-order valence-electron chi connectivity index (χ2n) is 19.3. The van der Waals surface area contributed by atoms with Crippen molar-refractivity contribution in [3.63, 3.8) is 0 Å². The van der Waals surface area contributed by atoms with Crippen molar-refractivity contribution in [2.45, 2.75) is 63.9 Å². The number of carbonyl (C=O) groups is 3. The Morgan fingerprint density at radius 1 is 0.500 bits per heavy atom. The van der Waals surface area contributed by atoms with Crippen molar-refractivity contribution in [2.24, 2.45) is 0 Å². The SMILES string of the molecule is CC1(C)c2ccccc2-c2ccc(C(=O)c3ccccc3C(O)c3ccc4c(c3)C(C)(C)c3ccccc3-4)cc21.CC1(C)c2ccccc2-c2ccc(I)cc21.COC(=O)c1ccccc1C=O. The summed E-state index contributed by atoms with van der Waals surface area (Å²) in [7, 11) is 1.28. The molecule has 0 amide bonds. The molecule has 3 aliphatic rings. The number of hydrogen-bond acceptors (Lipinski definition) is 5. The molecule has 0 aliphatic heterocycles. The lowest BCUT2D eigenvalue weighted by atomic mass is 9.81. The molecule has 68 heavy (non-hydrogen) atoms. The summed E-state index contributed by atoms with van der Waals surface area (Å²) in [4.78, 5) is 35.5. The van der Waals surface area contributed by atoms with E-state index in [1.165, 1.54) is 71.9 Å². The van der Waals surface area contributed by atoms with Crippen LogP contribution in [-0.2, 0) is 21.0 Å². The van der Waals surface area contributed by atoms with Gasteiger partial charge in [-0.1, -0.05) is 193 Å². The smallest absolute Gasteiger partial charge is 0.338 e. The topological polar surface area (TPSA) is 80.7 Å². The molecule has 11 rings (SSSR count). The third kappa shape index (κ3) is 7.93. The minimum absolute atomic E-state index is 0.0712. The average molecular weight is 1010 g/mol. The van der Waals surface area contributed by atoms with Gasteiger partial charge < -0.3 is 9.84 Å². The number of ketones is 1. The molecule has 8 aromatic rings. The first-order valence-electron chi connectivity index (χ1n) is 22.9. The minimum atomic E-state index is -0.917. The molecule has 1 unspecified atom stereocenters. The Morgan fingerprint density at radius 3 is 1.47 bits per heavy atom. The molecule has 0 bridgehead atoms. The molecular formula is C62H53IO5. The maximum Gasteiger partial charge on any atom is 0.338 e. The molecule has 1 N–H and O–H groups in total. The van der Waals surface area contributed by atoms with Crippen molar-refractivity contribution >= 4 is 40.6 Å². The van der Waals surface area contributed by atoms with Crippen molar-refractivity contribution in [2.75, 3.05) is 7.11 Å². The molecule has 0 spiro atoms. The van der Waals surface area contributed by atoms with E-state index in [0.717, 1.165) is 11.1 Å². The molecule has 0 saturated heterocycles. The number of rotatable bonds is 6. The number of esters is 1. The summed E-state index contributed by atoms with van der Waals surface area (Å²) in [6.45, 7) is 13.5. The summed E-state index contributed by atoms with van der Waals surface area (Å²) in [5.74, 6) is -0.559. The van der Waals surface area contributed by atoms with Crippen LogP contribution in [0.1, 0.15) is 129 Å². The Balaban J connectivity index is 0.000000167. The molecule has 3 aliphatic carbocycles. The van der Waals surface area contributed by atoms with Gasteiger partial charge >= 0.3 is 5.97 Å². The van der Waals surface area contributed by atoms with Crippen molar-refractivity contribution in [1.29, 1.82) is 0 Å². The Labute approximate surface area is 413 Å². The fraction of sp³-hybridized carbons (Fsp3) is 0.177. The minimum Gasteiger partial charge on any atom is -0.465 e. The lowest BCUT2D eigenvalue weighted by Crippen LogP contribution is -2.17. The first kappa shape index (κ1) is 46.4. The lowest BCUT2D eigenvalue weighted by Gasteiger charge is -2.23. The fourth-order valence-corrected chi connectivity index (χ4v) is 11.1. The Kier molecular flexibility index (Phi) is 12.3. The van der Waals surface area contributed by atoms with Gasteiger partial charge in [-0.05, 0) is 125 Å². The van der Waals surface area contributed by atoms with E-state index in [9.17, 15) is 19.5 Å². The van der Waals surface area contributed by atoms with Crippen LogP contribution in [0.2, 0.25) is 0 Å². The summed E-state index contributed by atoms with van der Waals surface area (Å²) < 4.78 is 5.80. The summed E-state index contributed by atoms with van der Waals surface area (Å²) >= 11 is 2.39. The number of aliphatic hydroxyl groups is 1. The van der Waals surface area contributed by atoms with Crippen LogP contribution in [-0.4, -0.2) is 30.3 Å². The Hall–Kier alpha value is -6.74. The van der Waals surface area contributed by atoms with Crippen molar-refractivity contribution < 1.29 is 24.2 Å². The molecule has 0 fully saturated rings. The standard InChI is InChI=1S/C38H32O2.C15H13I.C9H8O3/c1-37(2)31-15-9-7-11-25(31)27-19-17-23(21-33(27)37)35(39)29-13-5-6-14-30(29)36(40)24-18-20-28-26-12-8-10-16-32(26)38(3,4)34(28)22-24;1-15(2)13-6-4-3-5-11(13)12-8-7-10(16)9-14(12)15;1-12-9(11)8-5-3-2-4-7(8)6-10/h5-22,35,39H,1-4H3;3-9H,1-2H3;2-6H,1H3. The van der Waals surface area contributed by atoms with Crippen LogP contribution in [0.15, 0.2) is 176 Å². The highest BCUT2D eigenvalue weighted by Crippen LogP contribution is 2.51. The number of ether oxygens (including phenoxy) is 1. The zero-order chi connectivity index (χ0) is 48.1. The molecule has 1 atom stereocenters. The van der Waals surface area contributed by atoms with Crippen LogP contribution in [0, 0.1) is 3.57 Å². The van der Waals surface area contributed by atoms with E-state index in [4.69, 9.17) is 0 Å². The zero-order valence-corrected chi connectivity index (χ0v) is 41.5. The lowest BCUT2D eigenvalue weighted by molar-refractivity contribution is 0.0598. The van der Waals surface area contributed by atoms with Crippen LogP contribution in [0.25, 0.3) is 33.4 Å². The highest BCUT2D eigenvalue weighted by atomic mass is 127. The third-order valence-corrected chi connectivity index (χ3v) is 15.0. The molecule has 338 valence electrons. The van der Waals surface area contributed by atoms with Gasteiger partial charge in [-0.3, -0.25) is 9.59 Å². The van der Waals surface area contributed by atoms with Gasteiger partial charge in [-0.15, -0.1) is 0 Å². The van der Waals surface area contributed by atoms with Crippen molar-refractivity contribution in [3.8, 4) is 33.4 Å². The normalized spacial score (nSPS) is 14.7. The van der Waals surface area contributed by atoms with E-state index >= 15 is 0 Å². The maximum absolute atomic E-state index is 14.0. The van der Waals surface area contributed by atoms with Gasteiger partial charge in [0.25, 0.3) is 0 Å². The molecular weight excluding hydrogens is 952 g/mol. The van der Waals surface area contributed by atoms with E-state index in [2.05, 4.69) is 184 Å². The molecule has 8 aromatic carbocycles. The van der Waals surface area contributed by atoms with E-state index in [1.54, 1.807) is 24.3 Å². The quantitative estimate of drug-likeness (QED) is 0.0777. The highest BCUT2D eigenvalue weighted by molar-refractivity contribution is 14.1. The van der Waals surface area contributed by atoms with Crippen LogP contribution in [0.4, 0.5) is 0 Å². The number of methoxy groups -OCH3 is 1. The van der Waals surface area contributed by atoms with Gasteiger partial charge in [0.1, 0.15) is 6.10 Å². The molecule has 6 heteroatoms. The van der Waals surface area contributed by atoms with Crippen LogP contribution in [0.5, 0.6) is 0 Å². The summed E-state index contributed by atoms with van der Waals surface area (Å²) in [6.07, 6.45) is -0.285. The largest absolute Gasteiger partial charge is 0.465 e. The van der Waals surface area contributed by atoms with Gasteiger partial charge in [0, 0.05) is 36.5 Å². The number of aliphatic hydroxyl groups excluding tert-OH is 1. The summed E-state index contributed by atoms with van der Waals surface area (Å²) in [5, 5.41) is 11.7. The van der Waals surface area contributed by atoms with Gasteiger partial charge in [0.15, 0.2) is 12.1 Å². The van der Waals surface area contributed by atoms with Gasteiger partial charge in [-0.2, -0.15) is 0 Å². The monoisotopic (exact) mass is 1000 g/mol. The number of aldehydes is 1. The fourth-order valence-electron chi connectivity index (χ4n) is 10.6. The average Bonchev–Trinajstić information content (AvgIpc) is 3.85. The number of fused-ring (bicyclic) bond motifs is 9. The van der Waals surface area contributed by atoms with E-state index < -0.39 is 12.1 Å². The first-order chi connectivity index (χ1) is 32.6. The Morgan fingerprint density at radius 2 is 0.926 bits per heavy atom. The Bertz CT molecular complexity index is 3300. The first-order valence-corrected chi connectivity index (χ1v) is 24.0. The zero-order valence-electron chi connectivity index (χ0n) is 39.4. The van der Waals surface area contributed by atoms with E-state index in [0.29, 0.717) is 34.1 Å². The number of hydrogen-bond donors (Lipinski definition) is 1. The predicted molar refractivity (Wildman–Crippen MR) is 282 cm³/mol. The number of halogens is 1. The second kappa shape index (κ2) is 18.1. The van der Waals surface area contributed by atoms with E-state index in [1.807, 2.05) is 36.4 Å². The molecule has 0 saturated carbocycles. The van der Waals surface area contributed by atoms with Crippen molar-refractivity contribution in [1.82, 2.24) is 0 Å². The van der Waals surface area contributed by atoms with Gasteiger partial charge in [0.2, 0.25) is 0 Å². The summed E-state index contributed by atoms with van der Waals surface area (Å²) in [5.41, 5.74) is 18.6. The molecule has 0 heterocycles. The van der Waals surface area contributed by atoms with Crippen LogP contribution in [0.3, 0.4) is 0 Å². The van der Waals surface area contributed by atoms with Gasteiger partial charge in [0.05, 0.1) is 12.7 Å².